The standard InChI is InChI=1S/C17H19N3O2/c21-16-8-10-19(11-9-16)17(22)7-6-14-12-18-20(13-14)15-4-2-1-3-5-15/h1-7,12-13,16,21H,8-11H2/b7-6+. The second-order valence-corrected chi connectivity index (χ2v) is 5.44. The second-order valence-electron chi connectivity index (χ2n) is 5.44. The van der Waals surface area contributed by atoms with Gasteiger partial charge in [-0.2, -0.15) is 5.10 Å². The number of aromatic nitrogens is 2. The average molecular weight is 297 g/mol. The zero-order valence-corrected chi connectivity index (χ0v) is 12.3. The molecule has 5 heteroatoms. The van der Waals surface area contributed by atoms with Gasteiger partial charge in [0.2, 0.25) is 5.91 Å². The van der Waals surface area contributed by atoms with E-state index in [2.05, 4.69) is 5.10 Å². The van der Waals surface area contributed by atoms with Crippen molar-refractivity contribution in [3.8, 4) is 5.69 Å². The minimum atomic E-state index is -0.267. The van der Waals surface area contributed by atoms with Crippen molar-refractivity contribution in [1.82, 2.24) is 14.7 Å². The lowest BCUT2D eigenvalue weighted by atomic mass is 10.1. The summed E-state index contributed by atoms with van der Waals surface area (Å²) in [6.45, 7) is 1.24. The van der Waals surface area contributed by atoms with Crippen molar-refractivity contribution in [2.45, 2.75) is 18.9 Å². The molecular formula is C17H19N3O2. The number of amides is 1. The molecule has 1 amide bonds. The van der Waals surface area contributed by atoms with Gasteiger partial charge < -0.3 is 10.0 Å². The number of nitrogens with zero attached hydrogens (tertiary/aromatic N) is 3. The summed E-state index contributed by atoms with van der Waals surface area (Å²) in [5, 5.41) is 13.8. The maximum Gasteiger partial charge on any atom is 0.246 e. The second kappa shape index (κ2) is 6.58. The molecule has 0 unspecified atom stereocenters. The van der Waals surface area contributed by atoms with Gasteiger partial charge in [-0.1, -0.05) is 18.2 Å². The zero-order valence-electron chi connectivity index (χ0n) is 12.3. The van der Waals surface area contributed by atoms with E-state index >= 15 is 0 Å². The molecule has 114 valence electrons. The van der Waals surface area contributed by atoms with Crippen molar-refractivity contribution in [2.75, 3.05) is 13.1 Å². The molecule has 1 fully saturated rings. The molecule has 0 bridgehead atoms. The molecule has 22 heavy (non-hydrogen) atoms. The van der Waals surface area contributed by atoms with Gasteiger partial charge in [0.1, 0.15) is 0 Å². The summed E-state index contributed by atoms with van der Waals surface area (Å²) < 4.78 is 1.78. The molecule has 3 rings (SSSR count). The first kappa shape index (κ1) is 14.5. The number of hydrogen-bond donors (Lipinski definition) is 1. The molecular weight excluding hydrogens is 278 g/mol. The predicted molar refractivity (Wildman–Crippen MR) is 84.4 cm³/mol. The lowest BCUT2D eigenvalue weighted by Gasteiger charge is -2.28. The van der Waals surface area contributed by atoms with Crippen LogP contribution in [0.15, 0.2) is 48.8 Å². The molecule has 2 heterocycles. The van der Waals surface area contributed by atoms with Crippen LogP contribution in [-0.2, 0) is 4.79 Å². The summed E-state index contributed by atoms with van der Waals surface area (Å²) in [4.78, 5) is 13.9. The number of aliphatic hydroxyl groups is 1. The van der Waals surface area contributed by atoms with Gasteiger partial charge in [-0.25, -0.2) is 4.68 Å². The van der Waals surface area contributed by atoms with E-state index in [0.717, 1.165) is 11.3 Å². The van der Waals surface area contributed by atoms with E-state index in [1.54, 1.807) is 27.9 Å². The van der Waals surface area contributed by atoms with Crippen molar-refractivity contribution >= 4 is 12.0 Å². The summed E-state index contributed by atoms with van der Waals surface area (Å²) in [7, 11) is 0. The van der Waals surface area contributed by atoms with Gasteiger partial charge >= 0.3 is 0 Å². The SMILES string of the molecule is O=C(/C=C/c1cnn(-c2ccccc2)c1)N1CCC(O)CC1. The quantitative estimate of drug-likeness (QED) is 0.880. The van der Waals surface area contributed by atoms with Crippen LogP contribution in [0, 0.1) is 0 Å². The molecule has 1 aliphatic rings. The van der Waals surface area contributed by atoms with Crippen LogP contribution < -0.4 is 0 Å². The third-order valence-corrected chi connectivity index (χ3v) is 3.82. The molecule has 1 aliphatic heterocycles. The lowest BCUT2D eigenvalue weighted by molar-refractivity contribution is -0.127. The smallest absolute Gasteiger partial charge is 0.246 e. The number of hydrogen-bond acceptors (Lipinski definition) is 3. The Morgan fingerprint density at radius 3 is 2.68 bits per heavy atom. The Kier molecular flexibility index (Phi) is 4.34. The van der Waals surface area contributed by atoms with Crippen LogP contribution in [0.4, 0.5) is 0 Å². The molecule has 5 nitrogen and oxygen atoms in total. The Hall–Kier alpha value is -2.40. The van der Waals surface area contributed by atoms with E-state index in [9.17, 15) is 9.90 Å². The number of carbonyl (C=O) groups is 1. The predicted octanol–water partition coefficient (Wildman–Crippen LogP) is 1.87. The number of carbonyl (C=O) groups excluding carboxylic acids is 1. The van der Waals surface area contributed by atoms with E-state index in [0.29, 0.717) is 25.9 Å². The van der Waals surface area contributed by atoms with Gasteiger partial charge in [0.15, 0.2) is 0 Å². The number of likely N-dealkylation sites (tertiary alicyclic amines) is 1. The Labute approximate surface area is 129 Å². The fraction of sp³-hybridized carbons (Fsp3) is 0.294. The van der Waals surface area contributed by atoms with Crippen molar-refractivity contribution in [3.63, 3.8) is 0 Å². The minimum Gasteiger partial charge on any atom is -0.393 e. The van der Waals surface area contributed by atoms with Crippen LogP contribution in [0.5, 0.6) is 0 Å². The van der Waals surface area contributed by atoms with Crippen LogP contribution in [0.1, 0.15) is 18.4 Å². The van der Waals surface area contributed by atoms with E-state index in [1.807, 2.05) is 36.5 Å². The minimum absolute atomic E-state index is 0.0145. The van der Waals surface area contributed by atoms with Gasteiger partial charge in [-0.3, -0.25) is 4.79 Å². The number of rotatable bonds is 3. The van der Waals surface area contributed by atoms with Gasteiger partial charge in [0.25, 0.3) is 0 Å². The number of piperidine rings is 1. The fourth-order valence-corrected chi connectivity index (χ4v) is 2.50. The monoisotopic (exact) mass is 297 g/mol. The van der Waals surface area contributed by atoms with E-state index in [4.69, 9.17) is 0 Å². The van der Waals surface area contributed by atoms with Gasteiger partial charge in [0, 0.05) is 30.9 Å². The van der Waals surface area contributed by atoms with Crippen LogP contribution >= 0.6 is 0 Å². The Balaban J connectivity index is 1.63. The van der Waals surface area contributed by atoms with E-state index < -0.39 is 0 Å². The van der Waals surface area contributed by atoms with Crippen LogP contribution in [0.3, 0.4) is 0 Å². The summed E-state index contributed by atoms with van der Waals surface area (Å²) in [6, 6.07) is 9.83. The molecule has 0 radical (unpaired) electrons. The first-order valence-electron chi connectivity index (χ1n) is 7.47. The van der Waals surface area contributed by atoms with Crippen LogP contribution in [0.25, 0.3) is 11.8 Å². The normalized spacial score (nSPS) is 16.3. The molecule has 0 atom stereocenters. The molecule has 0 spiro atoms. The molecule has 1 saturated heterocycles. The maximum absolute atomic E-state index is 12.1. The number of benzene rings is 1. The topological polar surface area (TPSA) is 58.4 Å². The third-order valence-electron chi connectivity index (χ3n) is 3.82. The maximum atomic E-state index is 12.1. The van der Waals surface area contributed by atoms with Crippen LogP contribution in [-0.4, -0.2) is 44.9 Å². The summed E-state index contributed by atoms with van der Waals surface area (Å²) in [5.41, 5.74) is 1.87. The molecule has 1 N–H and O–H groups in total. The molecule has 1 aromatic carbocycles. The Morgan fingerprint density at radius 1 is 1.23 bits per heavy atom. The Morgan fingerprint density at radius 2 is 1.95 bits per heavy atom. The largest absolute Gasteiger partial charge is 0.393 e. The number of aliphatic hydroxyl groups excluding tert-OH is 1. The van der Waals surface area contributed by atoms with Crippen molar-refractivity contribution in [3.05, 3.63) is 54.4 Å². The molecule has 0 saturated carbocycles. The van der Waals surface area contributed by atoms with Gasteiger partial charge in [0.05, 0.1) is 18.0 Å². The van der Waals surface area contributed by atoms with Gasteiger partial charge in [-0.05, 0) is 31.1 Å². The summed E-state index contributed by atoms with van der Waals surface area (Å²) >= 11 is 0. The zero-order chi connectivity index (χ0) is 15.4. The lowest BCUT2D eigenvalue weighted by Crippen LogP contribution is -2.39. The van der Waals surface area contributed by atoms with Crippen LogP contribution in [0.2, 0.25) is 0 Å². The summed E-state index contributed by atoms with van der Waals surface area (Å²) in [6.07, 6.45) is 8.02. The molecule has 0 aliphatic carbocycles. The highest BCUT2D eigenvalue weighted by Crippen LogP contribution is 2.12. The van der Waals surface area contributed by atoms with Crippen molar-refractivity contribution in [2.24, 2.45) is 0 Å². The molecule has 2 aromatic rings. The highest BCUT2D eigenvalue weighted by atomic mass is 16.3. The van der Waals surface area contributed by atoms with E-state index in [-0.39, 0.29) is 12.0 Å². The first-order chi connectivity index (χ1) is 10.7. The van der Waals surface area contributed by atoms with Gasteiger partial charge in [-0.15, -0.1) is 0 Å². The number of para-hydroxylation sites is 1. The van der Waals surface area contributed by atoms with E-state index in [1.165, 1.54) is 0 Å². The average Bonchev–Trinajstić information content (AvgIpc) is 3.03. The highest BCUT2D eigenvalue weighted by molar-refractivity contribution is 5.91. The Bertz CT molecular complexity index is 656. The first-order valence-corrected chi connectivity index (χ1v) is 7.47. The molecule has 1 aromatic heterocycles. The van der Waals surface area contributed by atoms with Crippen molar-refractivity contribution < 1.29 is 9.90 Å². The van der Waals surface area contributed by atoms with Crippen molar-refractivity contribution in [1.29, 1.82) is 0 Å². The fourth-order valence-electron chi connectivity index (χ4n) is 2.50. The third kappa shape index (κ3) is 3.43. The summed E-state index contributed by atoms with van der Waals surface area (Å²) in [5.74, 6) is -0.0145. The highest BCUT2D eigenvalue weighted by Gasteiger charge is 2.19.